The SMILES string of the molecule is CN1CCNc2cc(C(F)F)ccc21. The van der Waals surface area contributed by atoms with Crippen LogP contribution in [0, 0.1) is 0 Å². The molecule has 1 N–H and O–H groups in total. The number of hydrogen-bond donors (Lipinski definition) is 1. The Morgan fingerprint density at radius 3 is 2.93 bits per heavy atom. The molecule has 0 aromatic heterocycles. The molecule has 1 aromatic rings. The molecule has 0 saturated carbocycles. The van der Waals surface area contributed by atoms with Crippen LogP contribution in [0.2, 0.25) is 0 Å². The van der Waals surface area contributed by atoms with Gasteiger partial charge in [0.1, 0.15) is 0 Å². The van der Waals surface area contributed by atoms with Gasteiger partial charge in [-0.15, -0.1) is 0 Å². The van der Waals surface area contributed by atoms with Gasteiger partial charge in [0, 0.05) is 25.7 Å². The number of halogens is 2. The van der Waals surface area contributed by atoms with Gasteiger partial charge >= 0.3 is 0 Å². The Kier molecular flexibility index (Phi) is 2.27. The molecule has 4 heteroatoms. The van der Waals surface area contributed by atoms with E-state index in [0.29, 0.717) is 0 Å². The van der Waals surface area contributed by atoms with E-state index in [9.17, 15) is 8.78 Å². The summed E-state index contributed by atoms with van der Waals surface area (Å²) < 4.78 is 24.8. The molecule has 1 heterocycles. The molecular weight excluding hydrogens is 186 g/mol. The standard InChI is InChI=1S/C10H12F2N2/c1-14-5-4-13-8-6-7(10(11)12)2-3-9(8)14/h2-3,6,10,13H,4-5H2,1H3. The average molecular weight is 198 g/mol. The van der Waals surface area contributed by atoms with E-state index in [2.05, 4.69) is 10.2 Å². The smallest absolute Gasteiger partial charge is 0.263 e. The van der Waals surface area contributed by atoms with Crippen LogP contribution < -0.4 is 10.2 Å². The first-order chi connectivity index (χ1) is 6.68. The van der Waals surface area contributed by atoms with Crippen LogP contribution >= 0.6 is 0 Å². The molecule has 0 saturated heterocycles. The highest BCUT2D eigenvalue weighted by atomic mass is 19.3. The number of alkyl halides is 2. The van der Waals surface area contributed by atoms with Gasteiger partial charge in [-0.2, -0.15) is 0 Å². The van der Waals surface area contributed by atoms with Crippen LogP contribution in [0.4, 0.5) is 20.2 Å². The number of rotatable bonds is 1. The third-order valence-corrected chi connectivity index (χ3v) is 2.45. The van der Waals surface area contributed by atoms with Gasteiger partial charge in [0.25, 0.3) is 6.43 Å². The van der Waals surface area contributed by atoms with Gasteiger partial charge in [-0.05, 0) is 12.1 Å². The molecule has 0 unspecified atom stereocenters. The first-order valence-electron chi connectivity index (χ1n) is 4.55. The second-order valence-corrected chi connectivity index (χ2v) is 3.43. The van der Waals surface area contributed by atoms with Crippen molar-refractivity contribution in [2.45, 2.75) is 6.43 Å². The third-order valence-electron chi connectivity index (χ3n) is 2.45. The molecule has 0 atom stereocenters. The van der Waals surface area contributed by atoms with E-state index in [0.717, 1.165) is 24.5 Å². The summed E-state index contributed by atoms with van der Waals surface area (Å²) in [7, 11) is 1.96. The predicted molar refractivity (Wildman–Crippen MR) is 53.2 cm³/mol. The summed E-state index contributed by atoms with van der Waals surface area (Å²) in [5.41, 5.74) is 1.86. The van der Waals surface area contributed by atoms with Gasteiger partial charge in [0.15, 0.2) is 0 Å². The fourth-order valence-corrected chi connectivity index (χ4v) is 1.64. The molecular formula is C10H12F2N2. The zero-order valence-electron chi connectivity index (χ0n) is 7.93. The summed E-state index contributed by atoms with van der Waals surface area (Å²) in [6, 6.07) is 4.74. The maximum absolute atomic E-state index is 12.4. The van der Waals surface area contributed by atoms with Crippen molar-refractivity contribution in [2.24, 2.45) is 0 Å². The van der Waals surface area contributed by atoms with Crippen LogP contribution in [-0.4, -0.2) is 20.1 Å². The number of nitrogens with zero attached hydrogens (tertiary/aromatic N) is 1. The Morgan fingerprint density at radius 1 is 1.43 bits per heavy atom. The topological polar surface area (TPSA) is 15.3 Å². The minimum Gasteiger partial charge on any atom is -0.382 e. The molecule has 1 aromatic carbocycles. The summed E-state index contributed by atoms with van der Waals surface area (Å²) in [6.45, 7) is 1.71. The van der Waals surface area contributed by atoms with Crippen LogP contribution in [0.1, 0.15) is 12.0 Å². The monoisotopic (exact) mass is 198 g/mol. The molecule has 0 radical (unpaired) electrons. The van der Waals surface area contributed by atoms with Crippen molar-refractivity contribution in [3.8, 4) is 0 Å². The second-order valence-electron chi connectivity index (χ2n) is 3.43. The van der Waals surface area contributed by atoms with E-state index in [4.69, 9.17) is 0 Å². The van der Waals surface area contributed by atoms with Crippen molar-refractivity contribution >= 4 is 11.4 Å². The third kappa shape index (κ3) is 1.52. The maximum Gasteiger partial charge on any atom is 0.263 e. The molecule has 0 amide bonds. The van der Waals surface area contributed by atoms with Crippen LogP contribution in [0.25, 0.3) is 0 Å². The highest BCUT2D eigenvalue weighted by Crippen LogP contribution is 2.31. The van der Waals surface area contributed by atoms with Gasteiger partial charge in [0.2, 0.25) is 0 Å². The highest BCUT2D eigenvalue weighted by molar-refractivity contribution is 5.72. The Morgan fingerprint density at radius 2 is 2.21 bits per heavy atom. The number of hydrogen-bond acceptors (Lipinski definition) is 2. The fraction of sp³-hybridized carbons (Fsp3) is 0.400. The summed E-state index contributed by atoms with van der Waals surface area (Å²) in [4.78, 5) is 2.06. The van der Waals surface area contributed by atoms with E-state index < -0.39 is 6.43 Å². The molecule has 1 aliphatic rings. The molecule has 0 spiro atoms. The van der Waals surface area contributed by atoms with Gasteiger partial charge in [-0.25, -0.2) is 8.78 Å². The maximum atomic E-state index is 12.4. The van der Waals surface area contributed by atoms with Gasteiger partial charge < -0.3 is 10.2 Å². The summed E-state index contributed by atoms with van der Waals surface area (Å²) in [6.07, 6.45) is -2.39. The quantitative estimate of drug-likeness (QED) is 0.745. The molecule has 2 nitrogen and oxygen atoms in total. The van der Waals surface area contributed by atoms with Crippen LogP contribution in [0.3, 0.4) is 0 Å². The van der Waals surface area contributed by atoms with Crippen LogP contribution in [0.5, 0.6) is 0 Å². The number of benzene rings is 1. The summed E-state index contributed by atoms with van der Waals surface area (Å²) in [5.74, 6) is 0. The van der Waals surface area contributed by atoms with Gasteiger partial charge in [-0.1, -0.05) is 6.07 Å². The van der Waals surface area contributed by atoms with Crippen molar-refractivity contribution in [1.29, 1.82) is 0 Å². The number of likely N-dealkylation sites (N-methyl/N-ethyl adjacent to an activating group) is 1. The average Bonchev–Trinajstić information content (AvgIpc) is 2.17. The van der Waals surface area contributed by atoms with E-state index in [1.165, 1.54) is 12.1 Å². The normalized spacial score (nSPS) is 15.3. The van der Waals surface area contributed by atoms with Crippen LogP contribution in [0.15, 0.2) is 18.2 Å². The zero-order valence-corrected chi connectivity index (χ0v) is 7.93. The lowest BCUT2D eigenvalue weighted by Gasteiger charge is -2.28. The Hall–Kier alpha value is -1.32. The molecule has 1 aliphatic heterocycles. The first kappa shape index (κ1) is 9.24. The minimum atomic E-state index is -2.39. The molecule has 0 fully saturated rings. The fourth-order valence-electron chi connectivity index (χ4n) is 1.64. The van der Waals surface area contributed by atoms with E-state index in [-0.39, 0.29) is 5.56 Å². The molecule has 76 valence electrons. The Balaban J connectivity index is 2.39. The molecule has 0 aliphatic carbocycles. The lowest BCUT2D eigenvalue weighted by atomic mass is 10.1. The Labute approximate surface area is 81.5 Å². The number of fused-ring (bicyclic) bond motifs is 1. The molecule has 0 bridgehead atoms. The van der Waals surface area contributed by atoms with Crippen LogP contribution in [-0.2, 0) is 0 Å². The van der Waals surface area contributed by atoms with E-state index in [1.54, 1.807) is 6.07 Å². The molecule has 2 rings (SSSR count). The number of anilines is 2. The summed E-state index contributed by atoms with van der Waals surface area (Å²) >= 11 is 0. The highest BCUT2D eigenvalue weighted by Gasteiger charge is 2.15. The zero-order chi connectivity index (χ0) is 10.1. The van der Waals surface area contributed by atoms with Crippen molar-refractivity contribution < 1.29 is 8.78 Å². The molecule has 14 heavy (non-hydrogen) atoms. The van der Waals surface area contributed by atoms with Gasteiger partial charge in [-0.3, -0.25) is 0 Å². The van der Waals surface area contributed by atoms with Crippen molar-refractivity contribution in [3.05, 3.63) is 23.8 Å². The van der Waals surface area contributed by atoms with E-state index in [1.807, 2.05) is 7.05 Å². The second kappa shape index (κ2) is 3.44. The number of nitrogens with one attached hydrogen (secondary N) is 1. The van der Waals surface area contributed by atoms with E-state index >= 15 is 0 Å². The lowest BCUT2D eigenvalue weighted by Crippen LogP contribution is -2.30. The largest absolute Gasteiger partial charge is 0.382 e. The predicted octanol–water partition coefficient (Wildman–Crippen LogP) is 2.49. The van der Waals surface area contributed by atoms with Crippen molar-refractivity contribution in [1.82, 2.24) is 0 Å². The van der Waals surface area contributed by atoms with Gasteiger partial charge in [0.05, 0.1) is 11.4 Å². The Bertz CT molecular complexity index is 339. The first-order valence-corrected chi connectivity index (χ1v) is 4.55. The lowest BCUT2D eigenvalue weighted by molar-refractivity contribution is 0.151. The van der Waals surface area contributed by atoms with Crippen molar-refractivity contribution in [3.63, 3.8) is 0 Å². The minimum absolute atomic E-state index is 0.0755. The van der Waals surface area contributed by atoms with Crippen molar-refractivity contribution in [2.75, 3.05) is 30.4 Å². The summed E-state index contributed by atoms with van der Waals surface area (Å²) in [5, 5.41) is 3.11.